The number of nitrogens with two attached hydrogens (primary N) is 1. The van der Waals surface area contributed by atoms with Crippen LogP contribution in [0.2, 0.25) is 0 Å². The Kier molecular flexibility index (Phi) is 4.48. The van der Waals surface area contributed by atoms with Gasteiger partial charge in [-0.3, -0.25) is 4.98 Å². The number of hydrogen-bond donors (Lipinski definition) is 1. The van der Waals surface area contributed by atoms with E-state index in [0.29, 0.717) is 12.2 Å². The Hall–Kier alpha value is -1.35. The summed E-state index contributed by atoms with van der Waals surface area (Å²) in [6, 6.07) is 6.75. The minimum Gasteiger partial charge on any atom is -0.388 e. The molecule has 8 heteroatoms. The molecule has 0 aliphatic heterocycles. The van der Waals surface area contributed by atoms with Crippen LogP contribution in [-0.2, 0) is 16.6 Å². The van der Waals surface area contributed by atoms with Crippen LogP contribution in [0, 0.1) is 0 Å². The first-order chi connectivity index (χ1) is 9.41. The van der Waals surface area contributed by atoms with Gasteiger partial charge in [-0.15, -0.1) is 11.3 Å². The van der Waals surface area contributed by atoms with E-state index in [-0.39, 0.29) is 9.88 Å². The van der Waals surface area contributed by atoms with E-state index in [1.807, 2.05) is 17.5 Å². The monoisotopic (exact) mass is 327 g/mol. The van der Waals surface area contributed by atoms with Gasteiger partial charge in [0, 0.05) is 24.7 Å². The van der Waals surface area contributed by atoms with Crippen LogP contribution in [-0.4, -0.2) is 29.7 Å². The quantitative estimate of drug-likeness (QED) is 0.844. The van der Waals surface area contributed by atoms with E-state index < -0.39 is 10.0 Å². The normalized spacial score (nSPS) is 11.7. The molecule has 0 aliphatic rings. The van der Waals surface area contributed by atoms with Gasteiger partial charge in [-0.25, -0.2) is 8.42 Å². The molecule has 2 rings (SSSR count). The van der Waals surface area contributed by atoms with Gasteiger partial charge in [0.15, 0.2) is 0 Å². The zero-order valence-corrected chi connectivity index (χ0v) is 13.1. The van der Waals surface area contributed by atoms with Gasteiger partial charge in [0.2, 0.25) is 10.0 Å². The lowest BCUT2D eigenvalue weighted by molar-refractivity contribution is 0.469. The summed E-state index contributed by atoms with van der Waals surface area (Å²) in [5.41, 5.74) is 5.84. The maximum Gasteiger partial charge on any atom is 0.244 e. The van der Waals surface area contributed by atoms with E-state index in [1.54, 1.807) is 0 Å². The Balaban J connectivity index is 2.23. The second-order valence-corrected chi connectivity index (χ2v) is 7.60. The average molecular weight is 327 g/mol. The van der Waals surface area contributed by atoms with Crippen LogP contribution in [0.3, 0.4) is 0 Å². The number of thiophene rings is 1. The molecule has 0 saturated carbocycles. The van der Waals surface area contributed by atoms with Crippen molar-refractivity contribution in [3.8, 4) is 0 Å². The highest BCUT2D eigenvalue weighted by Gasteiger charge is 2.21. The molecular weight excluding hydrogens is 314 g/mol. The fourth-order valence-corrected chi connectivity index (χ4v) is 3.62. The van der Waals surface area contributed by atoms with Crippen molar-refractivity contribution >= 4 is 38.6 Å². The summed E-state index contributed by atoms with van der Waals surface area (Å²) < 4.78 is 26.0. The van der Waals surface area contributed by atoms with E-state index in [1.165, 1.54) is 41.0 Å². The van der Waals surface area contributed by atoms with Crippen molar-refractivity contribution < 1.29 is 8.42 Å². The summed E-state index contributed by atoms with van der Waals surface area (Å²) in [5.74, 6) is 0. The van der Waals surface area contributed by atoms with E-state index in [9.17, 15) is 8.42 Å². The first-order valence-corrected chi connectivity index (χ1v) is 8.38. The van der Waals surface area contributed by atoms with Gasteiger partial charge in [-0.05, 0) is 23.6 Å². The SMILES string of the molecule is CN(Cc1cccs1)S(=O)(=O)c1ccc(C(N)=S)nc1. The molecule has 106 valence electrons. The lowest BCUT2D eigenvalue weighted by Gasteiger charge is -2.16. The summed E-state index contributed by atoms with van der Waals surface area (Å²) >= 11 is 6.30. The van der Waals surface area contributed by atoms with Crippen molar-refractivity contribution in [2.24, 2.45) is 5.73 Å². The Labute approximate surface area is 127 Å². The molecule has 2 N–H and O–H groups in total. The minimum absolute atomic E-state index is 0.122. The summed E-state index contributed by atoms with van der Waals surface area (Å²) in [5, 5.41) is 1.91. The standard InChI is InChI=1S/C12H13N3O2S3/c1-15(8-9-3-2-6-19-9)20(16,17)10-4-5-11(12(13)18)14-7-10/h2-7H,8H2,1H3,(H2,13,18). The zero-order valence-electron chi connectivity index (χ0n) is 10.7. The van der Waals surface area contributed by atoms with Gasteiger partial charge >= 0.3 is 0 Å². The predicted molar refractivity (Wildman–Crippen MR) is 83.1 cm³/mol. The number of nitrogens with zero attached hydrogens (tertiary/aromatic N) is 2. The molecule has 0 spiro atoms. The molecule has 2 aromatic rings. The Morgan fingerprint density at radius 3 is 2.70 bits per heavy atom. The Bertz CT molecular complexity index is 694. The van der Waals surface area contributed by atoms with Crippen LogP contribution in [0.4, 0.5) is 0 Å². The van der Waals surface area contributed by atoms with Crippen LogP contribution in [0.5, 0.6) is 0 Å². The van der Waals surface area contributed by atoms with E-state index in [4.69, 9.17) is 18.0 Å². The molecule has 0 saturated heterocycles. The molecular formula is C12H13N3O2S3. The number of hydrogen-bond acceptors (Lipinski definition) is 5. The number of thiocarbonyl (C=S) groups is 1. The van der Waals surface area contributed by atoms with Crippen molar-refractivity contribution in [2.45, 2.75) is 11.4 Å². The van der Waals surface area contributed by atoms with E-state index in [0.717, 1.165) is 4.88 Å². The van der Waals surface area contributed by atoms with Gasteiger partial charge in [0.25, 0.3) is 0 Å². The van der Waals surface area contributed by atoms with Crippen molar-refractivity contribution in [3.05, 3.63) is 46.4 Å². The topological polar surface area (TPSA) is 76.3 Å². The van der Waals surface area contributed by atoms with Crippen LogP contribution < -0.4 is 5.73 Å². The lowest BCUT2D eigenvalue weighted by atomic mass is 10.3. The first-order valence-electron chi connectivity index (χ1n) is 5.66. The summed E-state index contributed by atoms with van der Waals surface area (Å²) in [6.45, 7) is 0.330. The van der Waals surface area contributed by atoms with Gasteiger partial charge in [0.05, 0.1) is 5.69 Å². The largest absolute Gasteiger partial charge is 0.388 e. The van der Waals surface area contributed by atoms with Gasteiger partial charge in [-0.2, -0.15) is 4.31 Å². The average Bonchev–Trinajstić information content (AvgIpc) is 2.91. The van der Waals surface area contributed by atoms with Gasteiger partial charge in [0.1, 0.15) is 9.88 Å². The molecule has 5 nitrogen and oxygen atoms in total. The van der Waals surface area contributed by atoms with Crippen molar-refractivity contribution in [1.82, 2.24) is 9.29 Å². The third-order valence-corrected chi connectivity index (χ3v) is 5.51. The highest BCUT2D eigenvalue weighted by atomic mass is 32.2. The molecule has 0 aliphatic carbocycles. The van der Waals surface area contributed by atoms with E-state index >= 15 is 0 Å². The van der Waals surface area contributed by atoms with E-state index in [2.05, 4.69) is 4.98 Å². The molecule has 0 bridgehead atoms. The summed E-state index contributed by atoms with van der Waals surface area (Å²) in [6.07, 6.45) is 1.27. The summed E-state index contributed by atoms with van der Waals surface area (Å²) in [4.78, 5) is 5.19. The van der Waals surface area contributed by atoms with Crippen LogP contribution in [0.15, 0.2) is 40.7 Å². The molecule has 0 radical (unpaired) electrons. The maximum absolute atomic E-state index is 12.4. The molecule has 0 atom stereocenters. The van der Waals surface area contributed by atoms with Gasteiger partial charge < -0.3 is 5.73 Å². The number of sulfonamides is 1. The highest BCUT2D eigenvalue weighted by molar-refractivity contribution is 7.89. The fraction of sp³-hybridized carbons (Fsp3) is 0.167. The highest BCUT2D eigenvalue weighted by Crippen LogP contribution is 2.18. The second kappa shape index (κ2) is 5.96. The molecule has 0 amide bonds. The van der Waals surface area contributed by atoms with Crippen LogP contribution in [0.25, 0.3) is 0 Å². The lowest BCUT2D eigenvalue weighted by Crippen LogP contribution is -2.26. The molecule has 0 unspecified atom stereocenters. The molecule has 2 heterocycles. The smallest absolute Gasteiger partial charge is 0.244 e. The number of aromatic nitrogens is 1. The summed E-state index contributed by atoms with van der Waals surface area (Å²) in [7, 11) is -2.03. The van der Waals surface area contributed by atoms with Crippen molar-refractivity contribution in [2.75, 3.05) is 7.05 Å². The third kappa shape index (κ3) is 3.21. The Morgan fingerprint density at radius 2 is 2.20 bits per heavy atom. The fourth-order valence-electron chi connectivity index (χ4n) is 1.57. The van der Waals surface area contributed by atoms with Crippen molar-refractivity contribution in [3.63, 3.8) is 0 Å². The molecule has 2 aromatic heterocycles. The van der Waals surface area contributed by atoms with Crippen LogP contribution >= 0.6 is 23.6 Å². The maximum atomic E-state index is 12.4. The Morgan fingerprint density at radius 1 is 1.45 bits per heavy atom. The predicted octanol–water partition coefficient (Wildman–Crippen LogP) is 1.60. The number of rotatable bonds is 5. The zero-order chi connectivity index (χ0) is 14.8. The molecule has 0 fully saturated rings. The first kappa shape index (κ1) is 15.0. The van der Waals surface area contributed by atoms with Crippen molar-refractivity contribution in [1.29, 1.82) is 0 Å². The third-order valence-electron chi connectivity index (χ3n) is 2.66. The van der Waals surface area contributed by atoms with Crippen LogP contribution in [0.1, 0.15) is 10.6 Å². The number of pyridine rings is 1. The molecule has 20 heavy (non-hydrogen) atoms. The van der Waals surface area contributed by atoms with Gasteiger partial charge in [-0.1, -0.05) is 18.3 Å². The minimum atomic E-state index is -3.56. The second-order valence-electron chi connectivity index (χ2n) is 4.08. The molecule has 0 aromatic carbocycles.